The van der Waals surface area contributed by atoms with E-state index in [0.717, 1.165) is 11.1 Å². The summed E-state index contributed by atoms with van der Waals surface area (Å²) in [7, 11) is 5.33. The summed E-state index contributed by atoms with van der Waals surface area (Å²) >= 11 is 0. The number of primary amides is 1. The van der Waals surface area contributed by atoms with Crippen LogP contribution in [-0.2, 0) is 9.59 Å². The summed E-state index contributed by atoms with van der Waals surface area (Å²) in [5.74, 6) is 10.2. The zero-order chi connectivity index (χ0) is 32.4. The number of likely N-dealkylation sites (N-methyl/N-ethyl adjacent to an activating group) is 1. The number of hydrogen-bond donors (Lipinski definition) is 3. The number of benzene rings is 2. The van der Waals surface area contributed by atoms with Gasteiger partial charge in [0, 0.05) is 55.9 Å². The first-order valence-corrected chi connectivity index (χ1v) is 14.3. The molecule has 1 saturated heterocycles. The number of nitrogens with two attached hydrogens (primary N) is 1. The Kier molecular flexibility index (Phi) is 8.58. The molecule has 10 nitrogen and oxygen atoms in total. The highest BCUT2D eigenvalue weighted by Gasteiger charge is 2.42. The monoisotopic (exact) mass is 603 g/mol. The molecule has 0 spiro atoms. The molecule has 0 saturated carbocycles. The lowest BCUT2D eigenvalue weighted by Crippen LogP contribution is -2.37. The number of aliphatic hydroxyl groups is 2. The van der Waals surface area contributed by atoms with Crippen LogP contribution in [0.15, 0.2) is 66.9 Å². The number of carbonyl (C=O) groups is 3. The first-order chi connectivity index (χ1) is 21.4. The number of aldehydes is 1. The molecular weight excluding hydrogens is 570 g/mol. The van der Waals surface area contributed by atoms with Crippen molar-refractivity contribution in [1.82, 2.24) is 19.2 Å². The summed E-state index contributed by atoms with van der Waals surface area (Å²) in [6.45, 7) is 0.927. The zero-order valence-electron chi connectivity index (χ0n) is 25.2. The third kappa shape index (κ3) is 6.64. The third-order valence-electron chi connectivity index (χ3n) is 7.68. The van der Waals surface area contributed by atoms with E-state index in [1.165, 1.54) is 4.90 Å². The number of fused-ring (bicyclic) bond motifs is 1. The lowest BCUT2D eigenvalue weighted by molar-refractivity contribution is -0.137. The Balaban J connectivity index is 1.52. The van der Waals surface area contributed by atoms with Gasteiger partial charge in [0.1, 0.15) is 0 Å². The molecule has 5 rings (SSSR count). The van der Waals surface area contributed by atoms with Crippen LogP contribution in [0.1, 0.15) is 34.6 Å². The summed E-state index contributed by atoms with van der Waals surface area (Å²) in [5.41, 5.74) is 6.78. The Bertz CT molecular complexity index is 1940. The standard InChI is InChI=1S/C35H33N5O5/c1-38(2)18-15-34(44,23-41)13-10-24-6-4-8-26(20-24)27-12-17-40-29(22-27)30(37-32(40)31(36)42)28-9-5-7-25(21-28)11-14-35(45)16-19-39(3)33(35)43/h4-9,12,17,20-23,44-45H,15-16,18-19H2,1-3H3,(H2,36,42)/t34-,35-/m0/s1. The molecule has 2 atom stereocenters. The zero-order valence-corrected chi connectivity index (χ0v) is 25.2. The maximum atomic E-state index is 12.3. The van der Waals surface area contributed by atoms with Crippen LogP contribution < -0.4 is 5.73 Å². The van der Waals surface area contributed by atoms with Crippen LogP contribution in [0.5, 0.6) is 0 Å². The summed E-state index contributed by atoms with van der Waals surface area (Å²) < 4.78 is 1.62. The van der Waals surface area contributed by atoms with Gasteiger partial charge in [-0.3, -0.25) is 18.8 Å². The minimum absolute atomic E-state index is 0.0578. The fourth-order valence-corrected chi connectivity index (χ4v) is 5.04. The number of pyridine rings is 1. The lowest BCUT2D eigenvalue weighted by Gasteiger charge is -2.17. The van der Waals surface area contributed by atoms with Gasteiger partial charge < -0.3 is 25.7 Å². The highest BCUT2D eigenvalue weighted by atomic mass is 16.3. The Labute approximate surface area is 261 Å². The van der Waals surface area contributed by atoms with Crippen LogP contribution in [0.25, 0.3) is 27.9 Å². The second kappa shape index (κ2) is 12.4. The van der Waals surface area contributed by atoms with E-state index in [9.17, 15) is 24.6 Å². The van der Waals surface area contributed by atoms with E-state index in [1.807, 2.05) is 55.4 Å². The smallest absolute Gasteiger partial charge is 0.285 e. The number of nitrogens with zero attached hydrogens (tertiary/aromatic N) is 4. The Morgan fingerprint density at radius 3 is 2.40 bits per heavy atom. The van der Waals surface area contributed by atoms with Crippen molar-refractivity contribution in [3.8, 4) is 46.1 Å². The molecule has 0 bridgehead atoms. The highest BCUT2D eigenvalue weighted by molar-refractivity contribution is 5.94. The molecule has 4 N–H and O–H groups in total. The molecule has 1 fully saturated rings. The predicted octanol–water partition coefficient (Wildman–Crippen LogP) is 1.95. The first-order valence-electron chi connectivity index (χ1n) is 14.3. The van der Waals surface area contributed by atoms with Crippen molar-refractivity contribution in [3.05, 3.63) is 83.8 Å². The molecule has 3 heterocycles. The molecule has 2 aromatic carbocycles. The number of carbonyl (C=O) groups excluding carboxylic acids is 3. The maximum absolute atomic E-state index is 12.3. The summed E-state index contributed by atoms with van der Waals surface area (Å²) in [6, 6.07) is 18.2. The van der Waals surface area contributed by atoms with Crippen molar-refractivity contribution in [2.75, 3.05) is 34.2 Å². The molecule has 2 aromatic heterocycles. The predicted molar refractivity (Wildman–Crippen MR) is 170 cm³/mol. The van der Waals surface area contributed by atoms with E-state index < -0.39 is 23.0 Å². The molecule has 4 aromatic rings. The van der Waals surface area contributed by atoms with Gasteiger partial charge in [-0.15, -0.1) is 0 Å². The normalized spacial score (nSPS) is 17.4. The second-order valence-corrected chi connectivity index (χ2v) is 11.4. The van der Waals surface area contributed by atoms with Crippen molar-refractivity contribution in [3.63, 3.8) is 0 Å². The molecule has 0 radical (unpaired) electrons. The summed E-state index contributed by atoms with van der Waals surface area (Å²) in [4.78, 5) is 44.1. The third-order valence-corrected chi connectivity index (χ3v) is 7.68. The van der Waals surface area contributed by atoms with Crippen molar-refractivity contribution in [2.24, 2.45) is 5.73 Å². The van der Waals surface area contributed by atoms with Crippen LogP contribution in [0.3, 0.4) is 0 Å². The number of rotatable bonds is 7. The average molecular weight is 604 g/mol. The number of amides is 2. The average Bonchev–Trinajstić information content (AvgIpc) is 3.55. The van der Waals surface area contributed by atoms with Crippen LogP contribution in [0.4, 0.5) is 0 Å². The van der Waals surface area contributed by atoms with E-state index in [-0.39, 0.29) is 18.7 Å². The number of likely N-dealkylation sites (tertiary alicyclic amines) is 1. The quantitative estimate of drug-likeness (QED) is 0.217. The van der Waals surface area contributed by atoms with E-state index in [2.05, 4.69) is 28.7 Å². The van der Waals surface area contributed by atoms with Gasteiger partial charge in [-0.1, -0.05) is 47.9 Å². The molecule has 0 aliphatic carbocycles. The molecule has 1 aliphatic rings. The van der Waals surface area contributed by atoms with Gasteiger partial charge in [0.15, 0.2) is 11.9 Å². The minimum Gasteiger partial charge on any atom is -0.371 e. The molecule has 228 valence electrons. The van der Waals surface area contributed by atoms with Gasteiger partial charge in [-0.2, -0.15) is 0 Å². The molecule has 2 amide bonds. The molecule has 1 aliphatic heterocycles. The fourth-order valence-electron chi connectivity index (χ4n) is 5.04. The van der Waals surface area contributed by atoms with E-state index in [1.54, 1.807) is 41.9 Å². The fraction of sp³-hybridized carbons (Fsp3) is 0.257. The van der Waals surface area contributed by atoms with Gasteiger partial charge in [0.25, 0.3) is 11.8 Å². The Morgan fingerprint density at radius 2 is 1.76 bits per heavy atom. The largest absolute Gasteiger partial charge is 0.371 e. The van der Waals surface area contributed by atoms with E-state index in [4.69, 9.17) is 5.73 Å². The van der Waals surface area contributed by atoms with Gasteiger partial charge in [-0.25, -0.2) is 4.98 Å². The SMILES string of the molecule is CN(C)CC[C@@](O)(C#Cc1cccc(-c2ccn3c(C(N)=O)nc(-c4cccc(C#C[C@]5(O)CCN(C)C5=O)c4)c3c2)c1)C=O. The lowest BCUT2D eigenvalue weighted by atomic mass is 9.99. The second-order valence-electron chi connectivity index (χ2n) is 11.4. The highest BCUT2D eigenvalue weighted by Crippen LogP contribution is 2.30. The molecule has 0 unspecified atom stereocenters. The van der Waals surface area contributed by atoms with Crippen LogP contribution >= 0.6 is 0 Å². The Hall–Kier alpha value is -5.26. The van der Waals surface area contributed by atoms with E-state index in [0.29, 0.717) is 47.3 Å². The van der Waals surface area contributed by atoms with Gasteiger partial charge in [0.05, 0.1) is 11.2 Å². The summed E-state index contributed by atoms with van der Waals surface area (Å²) in [5, 5.41) is 21.3. The van der Waals surface area contributed by atoms with Crippen LogP contribution in [0.2, 0.25) is 0 Å². The van der Waals surface area contributed by atoms with Crippen molar-refractivity contribution in [2.45, 2.75) is 24.0 Å². The molecular formula is C35H33N5O5. The van der Waals surface area contributed by atoms with Crippen molar-refractivity contribution in [1.29, 1.82) is 0 Å². The molecule has 45 heavy (non-hydrogen) atoms. The topological polar surface area (TPSA) is 141 Å². The van der Waals surface area contributed by atoms with Crippen molar-refractivity contribution >= 4 is 23.6 Å². The molecule has 10 heteroatoms. The summed E-state index contributed by atoms with van der Waals surface area (Å²) in [6.07, 6.45) is 2.59. The van der Waals surface area contributed by atoms with Gasteiger partial charge >= 0.3 is 0 Å². The van der Waals surface area contributed by atoms with Crippen LogP contribution in [-0.4, -0.2) is 92.9 Å². The number of aromatic nitrogens is 2. The van der Waals surface area contributed by atoms with Gasteiger partial charge in [-0.05, 0) is 61.6 Å². The first kappa shape index (κ1) is 31.2. The minimum atomic E-state index is -1.75. The van der Waals surface area contributed by atoms with Crippen molar-refractivity contribution < 1.29 is 24.6 Å². The van der Waals surface area contributed by atoms with Crippen LogP contribution in [0, 0.1) is 23.7 Å². The Morgan fingerprint density at radius 1 is 1.09 bits per heavy atom. The number of hydrogen-bond acceptors (Lipinski definition) is 7. The maximum Gasteiger partial charge on any atom is 0.285 e. The number of imidazole rings is 1. The van der Waals surface area contributed by atoms with Gasteiger partial charge in [0.2, 0.25) is 11.4 Å². The van der Waals surface area contributed by atoms with E-state index >= 15 is 0 Å².